The number of hydrogen-bond acceptors (Lipinski definition) is 6. The second-order valence-electron chi connectivity index (χ2n) is 13.3. The summed E-state index contributed by atoms with van der Waals surface area (Å²) in [5.74, 6) is -1.93. The fourth-order valence-electron chi connectivity index (χ4n) is 6.85. The van der Waals surface area contributed by atoms with Gasteiger partial charge in [-0.2, -0.15) is 0 Å². The Bertz CT molecular complexity index is 1030. The van der Waals surface area contributed by atoms with Gasteiger partial charge in [-0.3, -0.25) is 24.0 Å². The molecule has 1 aliphatic heterocycles. The molecule has 1 heterocycles. The summed E-state index contributed by atoms with van der Waals surface area (Å²) in [6, 6.07) is -1.70. The van der Waals surface area contributed by atoms with Crippen LogP contribution in [0.1, 0.15) is 91.9 Å². The number of hydrogen-bond donors (Lipinski definition) is 2. The molecule has 4 fully saturated rings. The number of rotatable bonds is 13. The third-order valence-electron chi connectivity index (χ3n) is 9.95. The molecular weight excluding hydrogens is 510 g/mol. The standard InChI is InChI=1S/C31H47N3O6/c1-6-7-13-22(26(36)28(38)32-17-14-23(35)40-31(5)15-16-31)33-27(37)25-24-21(30(24,3)4)18-34(25)29(39)19(2)20-11-9-8-10-12-20/h6,19-22,24-25H,1,7-18H2,2-5H3,(H,32,38)(H,33,37)/t19-,21-,22?,24-,25-/m0/s1. The van der Waals surface area contributed by atoms with Gasteiger partial charge < -0.3 is 20.3 Å². The van der Waals surface area contributed by atoms with E-state index in [0.717, 1.165) is 38.5 Å². The average molecular weight is 558 g/mol. The van der Waals surface area contributed by atoms with Gasteiger partial charge in [-0.05, 0) is 68.6 Å². The first-order valence-electron chi connectivity index (χ1n) is 15.2. The summed E-state index contributed by atoms with van der Waals surface area (Å²) < 4.78 is 5.34. The number of ether oxygens (including phenoxy) is 1. The number of esters is 1. The van der Waals surface area contributed by atoms with Gasteiger partial charge in [0.2, 0.25) is 17.6 Å². The van der Waals surface area contributed by atoms with Crippen LogP contribution in [0.15, 0.2) is 12.7 Å². The largest absolute Gasteiger partial charge is 0.459 e. The molecule has 3 aliphatic carbocycles. The number of fused-ring (bicyclic) bond motifs is 1. The van der Waals surface area contributed by atoms with Gasteiger partial charge in [-0.1, -0.05) is 46.1 Å². The predicted molar refractivity (Wildman–Crippen MR) is 150 cm³/mol. The first kappa shape index (κ1) is 30.3. The van der Waals surface area contributed by atoms with Crippen LogP contribution < -0.4 is 10.6 Å². The van der Waals surface area contributed by atoms with Crippen molar-refractivity contribution >= 4 is 29.5 Å². The highest BCUT2D eigenvalue weighted by Gasteiger charge is 2.69. The summed E-state index contributed by atoms with van der Waals surface area (Å²) in [7, 11) is 0. The SMILES string of the molecule is C=CCCC(NC(=O)[C@@H]1[C@@H]2[C@H](CN1C(=O)[C@@H](C)C1CCCCC1)C2(C)C)C(=O)C(=O)NCCC(=O)OC1(C)CC1. The van der Waals surface area contributed by atoms with Crippen LogP contribution in [0, 0.1) is 29.1 Å². The monoisotopic (exact) mass is 557 g/mol. The first-order valence-corrected chi connectivity index (χ1v) is 15.2. The summed E-state index contributed by atoms with van der Waals surface area (Å²) in [6.45, 7) is 12.3. The number of allylic oxidation sites excluding steroid dienone is 1. The van der Waals surface area contributed by atoms with E-state index in [0.29, 0.717) is 18.9 Å². The van der Waals surface area contributed by atoms with E-state index in [1.807, 2.05) is 13.8 Å². The van der Waals surface area contributed by atoms with Gasteiger partial charge in [0.1, 0.15) is 11.6 Å². The van der Waals surface area contributed by atoms with Crippen molar-refractivity contribution in [2.75, 3.05) is 13.1 Å². The van der Waals surface area contributed by atoms with Crippen LogP contribution in [0.25, 0.3) is 0 Å². The molecule has 3 amide bonds. The van der Waals surface area contributed by atoms with Crippen LogP contribution in [-0.2, 0) is 28.7 Å². The number of carbonyl (C=O) groups is 5. The molecule has 1 saturated heterocycles. The van der Waals surface area contributed by atoms with Gasteiger partial charge >= 0.3 is 5.97 Å². The van der Waals surface area contributed by atoms with Crippen LogP contribution >= 0.6 is 0 Å². The van der Waals surface area contributed by atoms with Crippen LogP contribution in [0.5, 0.6) is 0 Å². The van der Waals surface area contributed by atoms with E-state index in [4.69, 9.17) is 4.74 Å². The van der Waals surface area contributed by atoms with Crippen LogP contribution in [-0.4, -0.2) is 65.1 Å². The third kappa shape index (κ3) is 6.60. The number of nitrogens with one attached hydrogen (secondary N) is 2. The molecule has 0 spiro atoms. The molecule has 9 heteroatoms. The molecule has 222 valence electrons. The molecule has 4 aliphatic rings. The van der Waals surface area contributed by atoms with Crippen molar-refractivity contribution in [2.24, 2.45) is 29.1 Å². The molecule has 5 atom stereocenters. The highest BCUT2D eigenvalue weighted by molar-refractivity contribution is 6.38. The third-order valence-corrected chi connectivity index (χ3v) is 9.95. The average Bonchev–Trinajstić information content (AvgIpc) is 3.69. The van der Waals surface area contributed by atoms with Gasteiger partial charge in [0.25, 0.3) is 5.91 Å². The van der Waals surface area contributed by atoms with E-state index in [1.165, 1.54) is 6.42 Å². The Hall–Kier alpha value is -2.71. The fourth-order valence-corrected chi connectivity index (χ4v) is 6.85. The van der Waals surface area contributed by atoms with Gasteiger partial charge in [0.05, 0.1) is 12.5 Å². The fraction of sp³-hybridized carbons (Fsp3) is 0.774. The molecule has 0 aromatic heterocycles. The smallest absolute Gasteiger partial charge is 0.308 e. The summed E-state index contributed by atoms with van der Waals surface area (Å²) >= 11 is 0. The lowest BCUT2D eigenvalue weighted by Crippen LogP contribution is -2.56. The van der Waals surface area contributed by atoms with E-state index in [1.54, 1.807) is 11.0 Å². The Morgan fingerprint density at radius 2 is 1.75 bits per heavy atom. The minimum atomic E-state index is -1.04. The maximum Gasteiger partial charge on any atom is 0.308 e. The number of amides is 3. The Labute approximate surface area is 238 Å². The van der Waals surface area contributed by atoms with Crippen molar-refractivity contribution < 1.29 is 28.7 Å². The highest BCUT2D eigenvalue weighted by atomic mass is 16.6. The highest BCUT2D eigenvalue weighted by Crippen LogP contribution is 2.65. The van der Waals surface area contributed by atoms with Crippen molar-refractivity contribution in [1.82, 2.24) is 15.5 Å². The molecule has 0 radical (unpaired) electrons. The lowest BCUT2D eigenvalue weighted by Gasteiger charge is -2.35. The van der Waals surface area contributed by atoms with Gasteiger partial charge in [0, 0.05) is 19.0 Å². The zero-order valence-corrected chi connectivity index (χ0v) is 24.6. The van der Waals surface area contributed by atoms with Crippen molar-refractivity contribution in [3.8, 4) is 0 Å². The van der Waals surface area contributed by atoms with Crippen LogP contribution in [0.4, 0.5) is 0 Å². The van der Waals surface area contributed by atoms with E-state index in [9.17, 15) is 24.0 Å². The summed E-state index contributed by atoms with van der Waals surface area (Å²) in [5.41, 5.74) is -0.452. The summed E-state index contributed by atoms with van der Waals surface area (Å²) in [4.78, 5) is 66.9. The molecule has 0 bridgehead atoms. The first-order chi connectivity index (χ1) is 18.9. The quantitative estimate of drug-likeness (QED) is 0.204. The molecular formula is C31H47N3O6. The molecule has 1 unspecified atom stereocenters. The van der Waals surface area contributed by atoms with E-state index >= 15 is 0 Å². The van der Waals surface area contributed by atoms with Gasteiger partial charge in [-0.25, -0.2) is 0 Å². The van der Waals surface area contributed by atoms with Gasteiger partial charge in [0.15, 0.2) is 0 Å². The molecule has 0 aromatic carbocycles. The number of likely N-dealkylation sites (tertiary alicyclic amines) is 1. The summed E-state index contributed by atoms with van der Waals surface area (Å²) in [5, 5.41) is 5.33. The molecule has 3 saturated carbocycles. The van der Waals surface area contributed by atoms with Gasteiger partial charge in [-0.15, -0.1) is 6.58 Å². The summed E-state index contributed by atoms with van der Waals surface area (Å²) in [6.07, 6.45) is 9.48. The minimum absolute atomic E-state index is 0.0219. The maximum absolute atomic E-state index is 13.8. The van der Waals surface area contributed by atoms with E-state index < -0.39 is 35.3 Å². The minimum Gasteiger partial charge on any atom is -0.459 e. The van der Waals surface area contributed by atoms with Crippen LogP contribution in [0.2, 0.25) is 0 Å². The van der Waals surface area contributed by atoms with Crippen molar-refractivity contribution in [1.29, 1.82) is 0 Å². The second kappa shape index (κ2) is 12.0. The molecule has 4 rings (SSSR count). The lowest BCUT2D eigenvalue weighted by atomic mass is 9.80. The molecule has 40 heavy (non-hydrogen) atoms. The number of Topliss-reactive ketones (excluding diaryl/α,β-unsaturated/α-hetero) is 1. The van der Waals surface area contributed by atoms with E-state index in [2.05, 4.69) is 31.1 Å². The Kier molecular flexibility index (Phi) is 9.10. The van der Waals surface area contributed by atoms with Crippen molar-refractivity contribution in [3.05, 3.63) is 12.7 Å². The van der Waals surface area contributed by atoms with Crippen molar-refractivity contribution in [3.63, 3.8) is 0 Å². The zero-order chi connectivity index (χ0) is 29.2. The Balaban J connectivity index is 1.38. The lowest BCUT2D eigenvalue weighted by molar-refractivity contribution is -0.150. The maximum atomic E-state index is 13.8. The van der Waals surface area contributed by atoms with E-state index in [-0.39, 0.29) is 54.4 Å². The number of ketones is 1. The molecule has 0 aromatic rings. The number of carbonyl (C=O) groups excluding carboxylic acids is 5. The topological polar surface area (TPSA) is 122 Å². The molecule has 2 N–H and O–H groups in total. The van der Waals surface area contributed by atoms with Crippen LogP contribution in [0.3, 0.4) is 0 Å². The normalized spacial score (nSPS) is 27.5. The Morgan fingerprint density at radius 3 is 2.38 bits per heavy atom. The Morgan fingerprint density at radius 1 is 1.07 bits per heavy atom. The molecule has 9 nitrogen and oxygen atoms in total. The van der Waals surface area contributed by atoms with Crippen molar-refractivity contribution in [2.45, 2.75) is 110 Å². The predicted octanol–water partition coefficient (Wildman–Crippen LogP) is 3.31. The number of nitrogens with zero attached hydrogens (tertiary/aromatic N) is 1. The zero-order valence-electron chi connectivity index (χ0n) is 24.6. The number of piperidine rings is 1. The second-order valence-corrected chi connectivity index (χ2v) is 13.3.